The molecule has 0 saturated carbocycles. The lowest BCUT2D eigenvalue weighted by atomic mass is 10.3. The van der Waals surface area contributed by atoms with Gasteiger partial charge in [-0.25, -0.2) is 5.01 Å². The van der Waals surface area contributed by atoms with Gasteiger partial charge in [-0.2, -0.15) is 8.42 Å². The second-order valence-corrected chi connectivity index (χ2v) is 5.47. The first-order valence-corrected chi connectivity index (χ1v) is 6.30. The van der Waals surface area contributed by atoms with Gasteiger partial charge in [0.2, 0.25) is 0 Å². The quantitative estimate of drug-likeness (QED) is 0.681. The molecule has 0 radical (unpaired) electrons. The molecule has 0 unspecified atom stereocenters. The van der Waals surface area contributed by atoms with Crippen LogP contribution in [0.15, 0.2) is 0 Å². The largest absolute Gasteiger partial charge is 0.373 e. The van der Waals surface area contributed by atoms with E-state index < -0.39 is 9.24 Å². The third kappa shape index (κ3) is 4.24. The van der Waals surface area contributed by atoms with Crippen LogP contribution in [-0.2, 0) is 14.0 Å². The Morgan fingerprint density at radius 2 is 1.85 bits per heavy atom. The van der Waals surface area contributed by atoms with E-state index >= 15 is 0 Å². The summed E-state index contributed by atoms with van der Waals surface area (Å²) in [5.41, 5.74) is 0. The Labute approximate surface area is 82.5 Å². The molecule has 78 valence electrons. The highest BCUT2D eigenvalue weighted by Crippen LogP contribution is 2.09. The van der Waals surface area contributed by atoms with Crippen molar-refractivity contribution >= 4 is 19.9 Å². The summed E-state index contributed by atoms with van der Waals surface area (Å²) in [7, 11) is 1.36. The molecule has 0 aromatic carbocycles. The standard InChI is InChI=1S/C6H13ClN2O3S/c1-5-3-9(4-6(2)12-5)8-13(7,10)11/h5-6,8H,3-4H2,1-2H3/t5-,6+. The van der Waals surface area contributed by atoms with Gasteiger partial charge < -0.3 is 4.74 Å². The molecular formula is C6H13ClN2O3S. The highest BCUT2D eigenvalue weighted by atomic mass is 35.7. The topological polar surface area (TPSA) is 58.6 Å². The molecule has 1 rings (SSSR count). The molecule has 0 aromatic rings. The highest BCUT2D eigenvalue weighted by Gasteiger charge is 2.24. The van der Waals surface area contributed by atoms with Crippen LogP contribution >= 0.6 is 10.7 Å². The first-order chi connectivity index (χ1) is 5.87. The van der Waals surface area contributed by atoms with Gasteiger partial charge in [0.05, 0.1) is 12.2 Å². The minimum absolute atomic E-state index is 0.00895. The maximum absolute atomic E-state index is 10.7. The molecule has 1 fully saturated rings. The first kappa shape index (κ1) is 11.2. The van der Waals surface area contributed by atoms with E-state index in [1.165, 1.54) is 0 Å². The van der Waals surface area contributed by atoms with Gasteiger partial charge in [-0.1, -0.05) is 0 Å². The Hall–Kier alpha value is 0.120. The van der Waals surface area contributed by atoms with E-state index in [9.17, 15) is 8.42 Å². The maximum atomic E-state index is 10.7. The molecule has 7 heteroatoms. The van der Waals surface area contributed by atoms with E-state index in [0.29, 0.717) is 13.1 Å². The number of nitrogens with one attached hydrogen (secondary N) is 1. The molecule has 1 aliphatic heterocycles. The number of nitrogens with zero attached hydrogens (tertiary/aromatic N) is 1. The summed E-state index contributed by atoms with van der Waals surface area (Å²) in [6.45, 7) is 4.78. The van der Waals surface area contributed by atoms with Crippen LogP contribution in [0.5, 0.6) is 0 Å². The predicted octanol–water partition coefficient (Wildman–Crippen LogP) is 0.0838. The smallest absolute Gasteiger partial charge is 0.310 e. The van der Waals surface area contributed by atoms with Crippen molar-refractivity contribution in [1.82, 2.24) is 9.84 Å². The predicted molar refractivity (Wildman–Crippen MR) is 49.5 cm³/mol. The zero-order chi connectivity index (χ0) is 10.1. The van der Waals surface area contributed by atoms with Crippen LogP contribution in [0.25, 0.3) is 0 Å². The average molecular weight is 229 g/mol. The van der Waals surface area contributed by atoms with E-state index in [4.69, 9.17) is 15.4 Å². The monoisotopic (exact) mass is 228 g/mol. The number of ether oxygens (including phenoxy) is 1. The number of halogens is 1. The van der Waals surface area contributed by atoms with E-state index in [1.807, 2.05) is 13.8 Å². The second-order valence-electron chi connectivity index (χ2n) is 3.19. The number of morpholine rings is 1. The maximum Gasteiger partial charge on any atom is 0.310 e. The molecule has 1 heterocycles. The van der Waals surface area contributed by atoms with Crippen molar-refractivity contribution in [2.45, 2.75) is 26.1 Å². The number of rotatable bonds is 2. The molecular weight excluding hydrogens is 216 g/mol. The number of hydrogen-bond acceptors (Lipinski definition) is 4. The van der Waals surface area contributed by atoms with Crippen LogP contribution in [-0.4, -0.2) is 38.7 Å². The van der Waals surface area contributed by atoms with Gasteiger partial charge in [-0.05, 0) is 13.8 Å². The Morgan fingerprint density at radius 1 is 1.38 bits per heavy atom. The molecule has 0 bridgehead atoms. The SMILES string of the molecule is C[C@@H]1CN(NS(=O)(=O)Cl)C[C@H](C)O1. The number of hydrogen-bond donors (Lipinski definition) is 1. The Kier molecular flexibility index (Phi) is 3.53. The van der Waals surface area contributed by atoms with E-state index in [2.05, 4.69) is 4.83 Å². The van der Waals surface area contributed by atoms with Gasteiger partial charge >= 0.3 is 9.24 Å². The lowest BCUT2D eigenvalue weighted by molar-refractivity contribution is -0.0747. The third-order valence-corrected chi connectivity index (χ3v) is 2.34. The van der Waals surface area contributed by atoms with E-state index in [1.54, 1.807) is 5.01 Å². The van der Waals surface area contributed by atoms with Crippen molar-refractivity contribution in [2.24, 2.45) is 0 Å². The summed E-state index contributed by atoms with van der Waals surface area (Å²) in [6.07, 6.45) is 0.0179. The van der Waals surface area contributed by atoms with Crippen molar-refractivity contribution < 1.29 is 13.2 Å². The molecule has 5 nitrogen and oxygen atoms in total. The molecule has 1 aliphatic rings. The van der Waals surface area contributed by atoms with Crippen LogP contribution in [0.2, 0.25) is 0 Å². The zero-order valence-electron chi connectivity index (χ0n) is 7.53. The normalized spacial score (nSPS) is 31.9. The van der Waals surface area contributed by atoms with Crippen molar-refractivity contribution in [1.29, 1.82) is 0 Å². The summed E-state index contributed by atoms with van der Waals surface area (Å²) in [5.74, 6) is 0. The molecule has 0 amide bonds. The van der Waals surface area contributed by atoms with Crippen LogP contribution in [0, 0.1) is 0 Å². The fraction of sp³-hybridized carbons (Fsp3) is 1.00. The van der Waals surface area contributed by atoms with Gasteiger partial charge in [0, 0.05) is 23.8 Å². The lowest BCUT2D eigenvalue weighted by Gasteiger charge is -2.34. The van der Waals surface area contributed by atoms with Gasteiger partial charge in [-0.3, -0.25) is 0 Å². The van der Waals surface area contributed by atoms with Gasteiger partial charge in [0.25, 0.3) is 0 Å². The first-order valence-electron chi connectivity index (χ1n) is 3.99. The van der Waals surface area contributed by atoms with Crippen molar-refractivity contribution in [3.8, 4) is 0 Å². The summed E-state index contributed by atoms with van der Waals surface area (Å²) in [4.78, 5) is 2.21. The molecule has 2 atom stereocenters. The fourth-order valence-corrected chi connectivity index (χ4v) is 2.16. The minimum Gasteiger partial charge on any atom is -0.373 e. The van der Waals surface area contributed by atoms with Crippen LogP contribution in [0.1, 0.15) is 13.8 Å². The van der Waals surface area contributed by atoms with Crippen LogP contribution in [0.4, 0.5) is 0 Å². The van der Waals surface area contributed by atoms with Crippen LogP contribution < -0.4 is 4.83 Å². The highest BCUT2D eigenvalue weighted by molar-refractivity contribution is 8.12. The van der Waals surface area contributed by atoms with Crippen molar-refractivity contribution in [2.75, 3.05) is 13.1 Å². The van der Waals surface area contributed by atoms with Crippen LogP contribution in [0.3, 0.4) is 0 Å². The summed E-state index contributed by atoms with van der Waals surface area (Å²) in [6, 6.07) is 0. The summed E-state index contributed by atoms with van der Waals surface area (Å²) < 4.78 is 26.8. The van der Waals surface area contributed by atoms with E-state index in [0.717, 1.165) is 0 Å². The summed E-state index contributed by atoms with van der Waals surface area (Å²) >= 11 is 0. The molecule has 0 aliphatic carbocycles. The zero-order valence-corrected chi connectivity index (χ0v) is 9.10. The van der Waals surface area contributed by atoms with Crippen molar-refractivity contribution in [3.63, 3.8) is 0 Å². The summed E-state index contributed by atoms with van der Waals surface area (Å²) in [5, 5.41) is 1.54. The van der Waals surface area contributed by atoms with Crippen molar-refractivity contribution in [3.05, 3.63) is 0 Å². The Morgan fingerprint density at radius 3 is 2.23 bits per heavy atom. The third-order valence-electron chi connectivity index (χ3n) is 1.66. The molecule has 1 saturated heterocycles. The fourth-order valence-electron chi connectivity index (χ4n) is 1.41. The second kappa shape index (κ2) is 4.10. The number of hydrazine groups is 1. The van der Waals surface area contributed by atoms with Gasteiger partial charge in [0.15, 0.2) is 0 Å². The Bertz CT molecular complexity index is 259. The Balaban J connectivity index is 2.51. The molecule has 13 heavy (non-hydrogen) atoms. The lowest BCUT2D eigenvalue weighted by Crippen LogP contribution is -2.52. The van der Waals surface area contributed by atoms with Gasteiger partial charge in [0.1, 0.15) is 0 Å². The molecule has 1 N–H and O–H groups in total. The minimum atomic E-state index is -3.68. The average Bonchev–Trinajstić information content (AvgIpc) is 1.78. The molecule has 0 spiro atoms. The molecule has 0 aromatic heterocycles. The van der Waals surface area contributed by atoms with E-state index in [-0.39, 0.29) is 12.2 Å². The van der Waals surface area contributed by atoms with Gasteiger partial charge in [-0.15, -0.1) is 4.83 Å².